The molecule has 168 valence electrons. The molecule has 0 heterocycles. The normalized spacial score (nSPS) is 13.8. The van der Waals surface area contributed by atoms with Crippen molar-refractivity contribution in [3.05, 3.63) is 71.8 Å². The smallest absolute Gasteiger partial charge is 0.315 e. The van der Waals surface area contributed by atoms with Gasteiger partial charge in [-0.05, 0) is 29.9 Å². The Bertz CT molecular complexity index is 802. The van der Waals surface area contributed by atoms with E-state index in [1.54, 1.807) is 0 Å². The predicted octanol–water partition coefficient (Wildman–Crippen LogP) is 2.96. The lowest BCUT2D eigenvalue weighted by atomic mass is 9.99. The fourth-order valence-electron chi connectivity index (χ4n) is 3.23. The number of carbonyl (C=O) groups excluding carboxylic acids is 2. The molecule has 0 aliphatic rings. The quantitative estimate of drug-likeness (QED) is 0.443. The molecule has 6 nitrogen and oxygen atoms in total. The van der Waals surface area contributed by atoms with Gasteiger partial charge in [0.05, 0.1) is 6.04 Å². The van der Waals surface area contributed by atoms with E-state index in [0.717, 1.165) is 11.1 Å². The third-order valence-electron chi connectivity index (χ3n) is 4.87. The number of rotatable bonds is 11. The Labute approximate surface area is 183 Å². The Balaban J connectivity index is 2.01. The van der Waals surface area contributed by atoms with Crippen LogP contribution in [-0.2, 0) is 17.8 Å². The van der Waals surface area contributed by atoms with Crippen LogP contribution in [0.3, 0.4) is 0 Å². The molecule has 3 atom stereocenters. The van der Waals surface area contributed by atoms with E-state index in [0.29, 0.717) is 13.0 Å². The molecular formula is C24H32FN3O3. The molecule has 4 N–H and O–H groups in total. The maximum absolute atomic E-state index is 13.2. The first-order chi connectivity index (χ1) is 14.9. The highest BCUT2D eigenvalue weighted by Gasteiger charge is 2.27. The van der Waals surface area contributed by atoms with Crippen molar-refractivity contribution in [3.8, 4) is 0 Å². The molecule has 0 bridgehead atoms. The van der Waals surface area contributed by atoms with Gasteiger partial charge in [0.15, 0.2) is 0 Å². The fourth-order valence-corrected chi connectivity index (χ4v) is 3.23. The van der Waals surface area contributed by atoms with E-state index < -0.39 is 36.8 Å². The highest BCUT2D eigenvalue weighted by Crippen LogP contribution is 2.10. The zero-order valence-corrected chi connectivity index (χ0v) is 18.1. The number of benzene rings is 2. The van der Waals surface area contributed by atoms with Crippen molar-refractivity contribution in [2.45, 2.75) is 51.4 Å². The van der Waals surface area contributed by atoms with Gasteiger partial charge < -0.3 is 21.1 Å². The summed E-state index contributed by atoms with van der Waals surface area (Å²) in [6, 6.07) is 16.6. The van der Waals surface area contributed by atoms with Gasteiger partial charge in [0.1, 0.15) is 18.8 Å². The van der Waals surface area contributed by atoms with Crippen molar-refractivity contribution in [2.75, 3.05) is 6.67 Å². The summed E-state index contributed by atoms with van der Waals surface area (Å²) >= 11 is 0. The van der Waals surface area contributed by atoms with E-state index in [9.17, 15) is 19.1 Å². The zero-order chi connectivity index (χ0) is 22.6. The molecule has 0 saturated carbocycles. The topological polar surface area (TPSA) is 90.5 Å². The summed E-state index contributed by atoms with van der Waals surface area (Å²) < 4.78 is 13.2. The van der Waals surface area contributed by atoms with Gasteiger partial charge in [0, 0.05) is 6.54 Å². The fraction of sp³-hybridized carbons (Fsp3) is 0.417. The van der Waals surface area contributed by atoms with Gasteiger partial charge in [-0.25, -0.2) is 9.18 Å². The second-order valence-corrected chi connectivity index (χ2v) is 8.02. The van der Waals surface area contributed by atoms with Gasteiger partial charge in [0.2, 0.25) is 5.91 Å². The first-order valence-corrected chi connectivity index (χ1v) is 10.6. The van der Waals surface area contributed by atoms with Crippen molar-refractivity contribution < 1.29 is 19.1 Å². The van der Waals surface area contributed by atoms with E-state index in [1.807, 2.05) is 74.5 Å². The predicted molar refractivity (Wildman–Crippen MR) is 119 cm³/mol. The summed E-state index contributed by atoms with van der Waals surface area (Å²) in [5.41, 5.74) is 1.81. The molecule has 0 radical (unpaired) electrons. The standard InChI is InChI=1S/C24H32FN3O3/c1-17(2)13-21(28-24(31)26-16-19-11-7-4-8-12-19)23(30)27-20(22(29)15-25)14-18-9-5-3-6-10-18/h3-12,17,20-22,29H,13-16H2,1-2H3,(H,27,30)(H2,26,28,31)/t20?,21-,22?/m0/s1. The number of aliphatic hydroxyl groups excluding tert-OH is 1. The number of hydrogen-bond acceptors (Lipinski definition) is 3. The van der Waals surface area contributed by atoms with Crippen molar-refractivity contribution in [3.63, 3.8) is 0 Å². The third kappa shape index (κ3) is 8.76. The SMILES string of the molecule is CC(C)C[C@H](NC(=O)NCc1ccccc1)C(=O)NC(Cc1ccccc1)C(O)CF. The van der Waals surface area contributed by atoms with Crippen LogP contribution in [0.15, 0.2) is 60.7 Å². The Morgan fingerprint density at radius 1 is 0.935 bits per heavy atom. The largest absolute Gasteiger partial charge is 0.388 e. The molecule has 0 aliphatic carbocycles. The number of amides is 3. The van der Waals surface area contributed by atoms with E-state index >= 15 is 0 Å². The molecule has 0 aliphatic heterocycles. The van der Waals surface area contributed by atoms with E-state index in [2.05, 4.69) is 16.0 Å². The molecule has 0 fully saturated rings. The Hall–Kier alpha value is -2.93. The maximum atomic E-state index is 13.2. The molecule has 2 aromatic rings. The van der Waals surface area contributed by atoms with Crippen LogP contribution in [0.4, 0.5) is 9.18 Å². The van der Waals surface area contributed by atoms with Crippen LogP contribution in [0.25, 0.3) is 0 Å². The molecule has 2 rings (SSSR count). The number of urea groups is 1. The summed E-state index contributed by atoms with van der Waals surface area (Å²) in [7, 11) is 0. The van der Waals surface area contributed by atoms with Crippen LogP contribution in [0, 0.1) is 5.92 Å². The van der Waals surface area contributed by atoms with Crippen molar-refractivity contribution >= 4 is 11.9 Å². The minimum Gasteiger partial charge on any atom is -0.388 e. The van der Waals surface area contributed by atoms with Gasteiger partial charge in [0.25, 0.3) is 0 Å². The van der Waals surface area contributed by atoms with Gasteiger partial charge in [-0.3, -0.25) is 4.79 Å². The van der Waals surface area contributed by atoms with Crippen LogP contribution in [0.1, 0.15) is 31.4 Å². The van der Waals surface area contributed by atoms with Crippen molar-refractivity contribution in [2.24, 2.45) is 5.92 Å². The zero-order valence-electron chi connectivity index (χ0n) is 18.1. The maximum Gasteiger partial charge on any atom is 0.315 e. The lowest BCUT2D eigenvalue weighted by Gasteiger charge is -2.26. The Morgan fingerprint density at radius 3 is 2.06 bits per heavy atom. The molecule has 0 saturated heterocycles. The van der Waals surface area contributed by atoms with Crippen LogP contribution in [0.2, 0.25) is 0 Å². The Kier molecular flexibility index (Phi) is 9.97. The van der Waals surface area contributed by atoms with E-state index in [1.165, 1.54) is 0 Å². The van der Waals surface area contributed by atoms with Crippen molar-refractivity contribution in [1.82, 2.24) is 16.0 Å². The van der Waals surface area contributed by atoms with Crippen LogP contribution in [-0.4, -0.2) is 41.9 Å². The monoisotopic (exact) mass is 429 g/mol. The molecule has 2 unspecified atom stereocenters. The molecule has 31 heavy (non-hydrogen) atoms. The van der Waals surface area contributed by atoms with E-state index in [-0.39, 0.29) is 12.3 Å². The number of hydrogen-bond donors (Lipinski definition) is 4. The van der Waals surface area contributed by atoms with Crippen LogP contribution in [0.5, 0.6) is 0 Å². The van der Waals surface area contributed by atoms with Crippen molar-refractivity contribution in [1.29, 1.82) is 0 Å². The molecule has 0 spiro atoms. The third-order valence-corrected chi connectivity index (χ3v) is 4.87. The minimum atomic E-state index is -1.34. The first kappa shape index (κ1) is 24.3. The average Bonchev–Trinajstić information content (AvgIpc) is 2.77. The van der Waals surface area contributed by atoms with Gasteiger partial charge in [-0.15, -0.1) is 0 Å². The summed E-state index contributed by atoms with van der Waals surface area (Å²) in [4.78, 5) is 25.3. The highest BCUT2D eigenvalue weighted by molar-refractivity contribution is 5.87. The first-order valence-electron chi connectivity index (χ1n) is 10.6. The van der Waals surface area contributed by atoms with Crippen LogP contribution < -0.4 is 16.0 Å². The van der Waals surface area contributed by atoms with Gasteiger partial charge in [-0.2, -0.15) is 0 Å². The lowest BCUT2D eigenvalue weighted by Crippen LogP contribution is -2.55. The van der Waals surface area contributed by atoms with Gasteiger partial charge >= 0.3 is 6.03 Å². The summed E-state index contributed by atoms with van der Waals surface area (Å²) in [5, 5.41) is 18.3. The minimum absolute atomic E-state index is 0.142. The Morgan fingerprint density at radius 2 is 1.52 bits per heavy atom. The molecule has 2 aromatic carbocycles. The van der Waals surface area contributed by atoms with Gasteiger partial charge in [-0.1, -0.05) is 74.5 Å². The molecule has 0 aromatic heterocycles. The summed E-state index contributed by atoms with van der Waals surface area (Å²) in [6.45, 7) is 3.25. The highest BCUT2D eigenvalue weighted by atomic mass is 19.1. The second-order valence-electron chi connectivity index (χ2n) is 8.02. The average molecular weight is 430 g/mol. The number of alkyl halides is 1. The van der Waals surface area contributed by atoms with Crippen LogP contribution >= 0.6 is 0 Å². The molecule has 7 heteroatoms. The summed E-state index contributed by atoms with van der Waals surface area (Å²) in [6.07, 6.45) is -0.642. The second kappa shape index (κ2) is 12.7. The molecule has 3 amide bonds. The number of halogens is 1. The number of carbonyl (C=O) groups is 2. The summed E-state index contributed by atoms with van der Waals surface area (Å²) in [5.74, 6) is -0.305. The number of nitrogens with one attached hydrogen (secondary N) is 3. The molecular weight excluding hydrogens is 397 g/mol. The lowest BCUT2D eigenvalue weighted by molar-refractivity contribution is -0.125. The number of aliphatic hydroxyl groups is 1. The van der Waals surface area contributed by atoms with E-state index in [4.69, 9.17) is 0 Å².